The summed E-state index contributed by atoms with van der Waals surface area (Å²) in [4.78, 5) is 0. The van der Waals surface area contributed by atoms with Crippen LogP contribution in [0, 0.1) is 32.6 Å². The molecule has 74 valence electrons. The average Bonchev–Trinajstić information content (AvgIpc) is 2.09. The molecule has 0 heteroatoms. The first-order valence-corrected chi connectivity index (χ1v) is 5.11. The van der Waals surface area contributed by atoms with Crippen LogP contribution >= 0.6 is 0 Å². The Morgan fingerprint density at radius 1 is 1.07 bits per heavy atom. The summed E-state index contributed by atoms with van der Waals surface area (Å²) in [5.74, 6) is 6.05. The fourth-order valence-electron chi connectivity index (χ4n) is 1.92. The monoisotopic (exact) mass is 186 g/mol. The molecule has 0 amide bonds. The van der Waals surface area contributed by atoms with Gasteiger partial charge >= 0.3 is 0 Å². The predicted octanol–water partition coefficient (Wildman–Crippen LogP) is 3.57. The van der Waals surface area contributed by atoms with Crippen LogP contribution in [0.4, 0.5) is 0 Å². The molecule has 1 rings (SSSR count). The number of benzene rings is 1. The molecule has 0 atom stereocenters. The lowest BCUT2D eigenvalue weighted by Crippen LogP contribution is -1.94. The molecule has 0 fully saturated rings. The topological polar surface area (TPSA) is 0 Å². The molecule has 0 aliphatic heterocycles. The number of hydrogen-bond acceptors (Lipinski definition) is 0. The second kappa shape index (κ2) is 4.86. The summed E-state index contributed by atoms with van der Waals surface area (Å²) >= 11 is 0. The molecule has 0 saturated carbocycles. The summed E-state index contributed by atoms with van der Waals surface area (Å²) in [7, 11) is 0. The van der Waals surface area contributed by atoms with Crippen LogP contribution in [0.3, 0.4) is 0 Å². The molecule has 0 radical (unpaired) electrons. The minimum atomic E-state index is 0.973. The fourth-order valence-corrected chi connectivity index (χ4v) is 1.92. The van der Waals surface area contributed by atoms with Gasteiger partial charge in [0.1, 0.15) is 0 Å². The summed E-state index contributed by atoms with van der Waals surface area (Å²) in [6.07, 6.45) is 2.06. The van der Waals surface area contributed by atoms with Crippen LogP contribution in [0.25, 0.3) is 0 Å². The van der Waals surface area contributed by atoms with Crippen LogP contribution in [0.5, 0.6) is 0 Å². The van der Waals surface area contributed by atoms with Crippen LogP contribution in [-0.4, -0.2) is 0 Å². The van der Waals surface area contributed by atoms with Crippen LogP contribution < -0.4 is 0 Å². The van der Waals surface area contributed by atoms with Gasteiger partial charge in [-0.3, -0.25) is 0 Å². The van der Waals surface area contributed by atoms with Crippen molar-refractivity contribution in [2.24, 2.45) is 0 Å². The van der Waals surface area contributed by atoms with Gasteiger partial charge in [-0.1, -0.05) is 17.7 Å². The van der Waals surface area contributed by atoms with E-state index in [9.17, 15) is 0 Å². The van der Waals surface area contributed by atoms with Gasteiger partial charge in [-0.25, -0.2) is 0 Å². The highest BCUT2D eigenvalue weighted by atomic mass is 14.1. The Hall–Kier alpha value is -1.22. The summed E-state index contributed by atoms with van der Waals surface area (Å²) in [5.41, 5.74) is 5.63. The van der Waals surface area contributed by atoms with Gasteiger partial charge in [0.05, 0.1) is 0 Å². The maximum absolute atomic E-state index is 3.12. The molecular formula is C14H18. The maximum atomic E-state index is 3.12. The van der Waals surface area contributed by atoms with Crippen molar-refractivity contribution < 1.29 is 0 Å². The van der Waals surface area contributed by atoms with Crippen LogP contribution in [-0.2, 0) is 6.42 Å². The molecule has 1 aromatic rings. The predicted molar refractivity (Wildman–Crippen MR) is 62.4 cm³/mol. The highest BCUT2D eigenvalue weighted by molar-refractivity contribution is 5.37. The van der Waals surface area contributed by atoms with Crippen LogP contribution in [0.15, 0.2) is 12.1 Å². The Morgan fingerprint density at radius 2 is 1.64 bits per heavy atom. The van der Waals surface area contributed by atoms with E-state index in [1.54, 1.807) is 0 Å². The Bertz CT molecular complexity index is 352. The zero-order valence-electron chi connectivity index (χ0n) is 9.57. The van der Waals surface area contributed by atoms with Gasteiger partial charge < -0.3 is 0 Å². The summed E-state index contributed by atoms with van der Waals surface area (Å²) in [6.45, 7) is 8.42. The molecule has 0 saturated heterocycles. The fraction of sp³-hybridized carbons (Fsp3) is 0.429. The van der Waals surface area contributed by atoms with E-state index in [-0.39, 0.29) is 0 Å². The lowest BCUT2D eigenvalue weighted by molar-refractivity contribution is 0.990. The van der Waals surface area contributed by atoms with E-state index in [2.05, 4.69) is 44.7 Å². The number of hydrogen-bond donors (Lipinski definition) is 0. The van der Waals surface area contributed by atoms with Crippen molar-refractivity contribution in [2.75, 3.05) is 0 Å². The first-order valence-electron chi connectivity index (χ1n) is 5.11. The largest absolute Gasteiger partial charge is 0.107 e. The third-order valence-corrected chi connectivity index (χ3v) is 2.52. The van der Waals surface area contributed by atoms with E-state index in [1.165, 1.54) is 22.3 Å². The quantitative estimate of drug-likeness (QED) is 0.619. The minimum absolute atomic E-state index is 0.973. The van der Waals surface area contributed by atoms with E-state index in [0.717, 1.165) is 12.8 Å². The van der Waals surface area contributed by atoms with Gasteiger partial charge in [-0.05, 0) is 50.8 Å². The lowest BCUT2D eigenvalue weighted by atomic mass is 9.96. The van der Waals surface area contributed by atoms with Crippen molar-refractivity contribution in [1.82, 2.24) is 0 Å². The maximum Gasteiger partial charge on any atom is 0.0129 e. The molecule has 1 aromatic carbocycles. The van der Waals surface area contributed by atoms with Crippen molar-refractivity contribution >= 4 is 0 Å². The SMILES string of the molecule is CC#CCCc1c(C)cc(C)cc1C. The van der Waals surface area contributed by atoms with E-state index in [1.807, 2.05) is 6.92 Å². The van der Waals surface area contributed by atoms with Crippen molar-refractivity contribution in [2.45, 2.75) is 40.5 Å². The molecule has 0 aliphatic rings. The Morgan fingerprint density at radius 3 is 2.14 bits per heavy atom. The van der Waals surface area contributed by atoms with E-state index in [0.29, 0.717) is 0 Å². The number of rotatable bonds is 2. The summed E-state index contributed by atoms with van der Waals surface area (Å²) in [5, 5.41) is 0. The summed E-state index contributed by atoms with van der Waals surface area (Å²) < 4.78 is 0. The van der Waals surface area contributed by atoms with Crippen molar-refractivity contribution in [3.63, 3.8) is 0 Å². The van der Waals surface area contributed by atoms with E-state index < -0.39 is 0 Å². The van der Waals surface area contributed by atoms with E-state index in [4.69, 9.17) is 0 Å². The molecule has 0 unspecified atom stereocenters. The molecule has 0 aromatic heterocycles. The highest BCUT2D eigenvalue weighted by Gasteiger charge is 2.02. The van der Waals surface area contributed by atoms with Gasteiger partial charge in [-0.2, -0.15) is 0 Å². The van der Waals surface area contributed by atoms with E-state index >= 15 is 0 Å². The Labute approximate surface area is 87.4 Å². The van der Waals surface area contributed by atoms with Gasteiger partial charge in [0, 0.05) is 6.42 Å². The molecule has 0 N–H and O–H groups in total. The number of aryl methyl sites for hydroxylation is 3. The third kappa shape index (κ3) is 2.64. The first kappa shape index (κ1) is 10.9. The molecule has 0 bridgehead atoms. The van der Waals surface area contributed by atoms with Gasteiger partial charge in [-0.15, -0.1) is 11.8 Å². The molecule has 0 spiro atoms. The first-order chi connectivity index (χ1) is 6.65. The Balaban J connectivity index is 2.89. The normalized spacial score (nSPS) is 9.43. The lowest BCUT2D eigenvalue weighted by Gasteiger charge is -2.09. The standard InChI is InChI=1S/C14H18/c1-5-6-7-8-14-12(3)9-11(2)10-13(14)4/h9-10H,7-8H2,1-4H3. The van der Waals surface area contributed by atoms with Gasteiger partial charge in [0.25, 0.3) is 0 Å². The summed E-state index contributed by atoms with van der Waals surface area (Å²) in [6, 6.07) is 4.50. The molecular weight excluding hydrogens is 168 g/mol. The van der Waals surface area contributed by atoms with Crippen molar-refractivity contribution in [3.8, 4) is 11.8 Å². The molecule has 0 nitrogen and oxygen atoms in total. The van der Waals surface area contributed by atoms with Crippen LogP contribution in [0.2, 0.25) is 0 Å². The smallest absolute Gasteiger partial charge is 0.0129 e. The zero-order chi connectivity index (χ0) is 10.6. The zero-order valence-corrected chi connectivity index (χ0v) is 9.57. The average molecular weight is 186 g/mol. The van der Waals surface area contributed by atoms with Crippen molar-refractivity contribution in [1.29, 1.82) is 0 Å². The highest BCUT2D eigenvalue weighted by Crippen LogP contribution is 2.17. The van der Waals surface area contributed by atoms with Crippen molar-refractivity contribution in [3.05, 3.63) is 34.4 Å². The molecule has 0 aliphatic carbocycles. The third-order valence-electron chi connectivity index (χ3n) is 2.52. The second-order valence-electron chi connectivity index (χ2n) is 3.80. The molecule has 0 heterocycles. The minimum Gasteiger partial charge on any atom is -0.107 e. The van der Waals surface area contributed by atoms with Gasteiger partial charge in [0.15, 0.2) is 0 Å². The molecule has 14 heavy (non-hydrogen) atoms. The van der Waals surface area contributed by atoms with Gasteiger partial charge in [0.2, 0.25) is 0 Å². The van der Waals surface area contributed by atoms with Crippen LogP contribution in [0.1, 0.15) is 35.6 Å². The Kier molecular flexibility index (Phi) is 3.77. The second-order valence-corrected chi connectivity index (χ2v) is 3.80.